The number of piperidine rings is 1. The summed E-state index contributed by atoms with van der Waals surface area (Å²) >= 11 is 0. The van der Waals surface area contributed by atoms with Crippen molar-refractivity contribution in [2.75, 3.05) is 20.1 Å². The quantitative estimate of drug-likeness (QED) is 0.900. The van der Waals surface area contributed by atoms with Crippen molar-refractivity contribution >= 4 is 5.91 Å². The fraction of sp³-hybridized carbons (Fsp3) is 0.588. The van der Waals surface area contributed by atoms with E-state index in [2.05, 4.69) is 29.2 Å². The minimum Gasteiger partial charge on any atom is -0.343 e. The van der Waals surface area contributed by atoms with E-state index in [-0.39, 0.29) is 5.91 Å². The summed E-state index contributed by atoms with van der Waals surface area (Å²) < 4.78 is 0. The molecule has 116 valence electrons. The summed E-state index contributed by atoms with van der Waals surface area (Å²) in [4.78, 5) is 16.3. The minimum atomic E-state index is -0.416. The number of carbonyl (C=O) groups excluding carboxylic acids is 1. The molecule has 1 fully saturated rings. The Kier molecular flexibility index (Phi) is 5.76. The van der Waals surface area contributed by atoms with Gasteiger partial charge in [0.15, 0.2) is 0 Å². The van der Waals surface area contributed by atoms with Crippen LogP contribution in [0.1, 0.15) is 31.7 Å². The number of nitrogens with zero attached hydrogens (tertiary/aromatic N) is 2. The molecule has 1 aliphatic heterocycles. The Morgan fingerprint density at radius 2 is 2.10 bits per heavy atom. The van der Waals surface area contributed by atoms with Gasteiger partial charge in [0.2, 0.25) is 5.91 Å². The third-order valence-corrected chi connectivity index (χ3v) is 4.23. The zero-order valence-electron chi connectivity index (χ0n) is 13.2. The van der Waals surface area contributed by atoms with Crippen LogP contribution in [0.2, 0.25) is 0 Å². The van der Waals surface area contributed by atoms with Crippen LogP contribution in [0.15, 0.2) is 30.3 Å². The van der Waals surface area contributed by atoms with Gasteiger partial charge in [0, 0.05) is 26.2 Å². The van der Waals surface area contributed by atoms with Crippen LogP contribution in [0, 0.1) is 0 Å². The molecule has 1 aromatic rings. The summed E-state index contributed by atoms with van der Waals surface area (Å²) in [7, 11) is 1.86. The molecule has 4 nitrogen and oxygen atoms in total. The van der Waals surface area contributed by atoms with Crippen molar-refractivity contribution in [1.29, 1.82) is 0 Å². The van der Waals surface area contributed by atoms with Crippen molar-refractivity contribution in [3.05, 3.63) is 35.9 Å². The van der Waals surface area contributed by atoms with Crippen LogP contribution < -0.4 is 5.73 Å². The van der Waals surface area contributed by atoms with E-state index in [0.717, 1.165) is 26.1 Å². The van der Waals surface area contributed by atoms with Gasteiger partial charge in [0.05, 0.1) is 6.04 Å². The molecule has 2 N–H and O–H groups in total. The van der Waals surface area contributed by atoms with Gasteiger partial charge in [-0.1, -0.05) is 36.8 Å². The summed E-state index contributed by atoms with van der Waals surface area (Å²) in [5.41, 5.74) is 7.03. The Morgan fingerprint density at radius 1 is 1.38 bits per heavy atom. The number of rotatable bonds is 5. The second kappa shape index (κ2) is 7.57. The maximum atomic E-state index is 12.0. The van der Waals surface area contributed by atoms with Gasteiger partial charge in [-0.05, 0) is 31.9 Å². The van der Waals surface area contributed by atoms with E-state index in [0.29, 0.717) is 6.04 Å². The smallest absolute Gasteiger partial charge is 0.238 e. The van der Waals surface area contributed by atoms with E-state index in [1.54, 1.807) is 11.8 Å². The number of hydrogen-bond acceptors (Lipinski definition) is 3. The zero-order valence-corrected chi connectivity index (χ0v) is 13.2. The summed E-state index contributed by atoms with van der Waals surface area (Å²) in [6.07, 6.45) is 3.65. The van der Waals surface area contributed by atoms with Gasteiger partial charge in [0.25, 0.3) is 0 Å². The molecule has 0 saturated carbocycles. The van der Waals surface area contributed by atoms with Crippen molar-refractivity contribution in [3.8, 4) is 0 Å². The van der Waals surface area contributed by atoms with Crippen LogP contribution in [-0.4, -0.2) is 47.9 Å². The average Bonchev–Trinajstić information content (AvgIpc) is 2.49. The Hall–Kier alpha value is -1.39. The van der Waals surface area contributed by atoms with Crippen LogP contribution in [0.5, 0.6) is 0 Å². The number of hydrogen-bond donors (Lipinski definition) is 1. The van der Waals surface area contributed by atoms with Crippen molar-refractivity contribution < 1.29 is 4.79 Å². The lowest BCUT2D eigenvalue weighted by molar-refractivity contribution is -0.131. The molecule has 4 heteroatoms. The number of likely N-dealkylation sites (tertiary alicyclic amines) is 1. The molecule has 0 aliphatic carbocycles. The molecule has 0 bridgehead atoms. The van der Waals surface area contributed by atoms with Gasteiger partial charge in [-0.3, -0.25) is 9.69 Å². The summed E-state index contributed by atoms with van der Waals surface area (Å²) in [5, 5.41) is 0. The third kappa shape index (κ3) is 4.55. The average molecular weight is 289 g/mol. The molecule has 1 unspecified atom stereocenters. The lowest BCUT2D eigenvalue weighted by atomic mass is 10.0. The van der Waals surface area contributed by atoms with Crippen molar-refractivity contribution in [3.63, 3.8) is 0 Å². The first-order valence-corrected chi connectivity index (χ1v) is 7.86. The molecule has 1 heterocycles. The molecule has 1 saturated heterocycles. The predicted octanol–water partition coefficient (Wildman–Crippen LogP) is 1.85. The number of likely N-dealkylation sites (N-methyl/N-ethyl adjacent to an activating group) is 1. The minimum absolute atomic E-state index is 0.0280. The fourth-order valence-corrected chi connectivity index (χ4v) is 3.05. The molecular weight excluding hydrogens is 262 g/mol. The molecule has 0 aromatic heterocycles. The lowest BCUT2D eigenvalue weighted by Crippen LogP contribution is -2.49. The van der Waals surface area contributed by atoms with E-state index in [4.69, 9.17) is 5.73 Å². The number of amides is 1. The Balaban J connectivity index is 1.97. The van der Waals surface area contributed by atoms with Gasteiger partial charge in [-0.15, -0.1) is 0 Å². The van der Waals surface area contributed by atoms with E-state index in [1.165, 1.54) is 18.4 Å². The molecule has 2 rings (SSSR count). The van der Waals surface area contributed by atoms with Crippen molar-refractivity contribution in [1.82, 2.24) is 9.80 Å². The summed E-state index contributed by atoms with van der Waals surface area (Å²) in [6.45, 7) is 4.60. The molecule has 1 aliphatic rings. The summed E-state index contributed by atoms with van der Waals surface area (Å²) in [6, 6.07) is 10.6. The van der Waals surface area contributed by atoms with Gasteiger partial charge >= 0.3 is 0 Å². The van der Waals surface area contributed by atoms with E-state index < -0.39 is 6.04 Å². The van der Waals surface area contributed by atoms with Crippen molar-refractivity contribution in [2.24, 2.45) is 5.73 Å². The number of benzene rings is 1. The SMILES string of the molecule is CC(N)C(=O)N(C)C[C@@H]1CCCCN1Cc1ccccc1. The number of nitrogens with two attached hydrogens (primary N) is 1. The normalized spacial score (nSPS) is 21.0. The van der Waals surface area contributed by atoms with E-state index in [1.807, 2.05) is 13.1 Å². The fourth-order valence-electron chi connectivity index (χ4n) is 3.05. The first-order chi connectivity index (χ1) is 10.1. The Morgan fingerprint density at radius 3 is 2.76 bits per heavy atom. The molecule has 1 aromatic carbocycles. The van der Waals surface area contributed by atoms with Crippen LogP contribution in [-0.2, 0) is 11.3 Å². The van der Waals surface area contributed by atoms with Gasteiger partial charge in [-0.2, -0.15) is 0 Å². The Labute approximate surface area is 127 Å². The zero-order chi connectivity index (χ0) is 15.2. The molecule has 21 heavy (non-hydrogen) atoms. The van der Waals surface area contributed by atoms with E-state index in [9.17, 15) is 4.79 Å². The van der Waals surface area contributed by atoms with Crippen LogP contribution >= 0.6 is 0 Å². The van der Waals surface area contributed by atoms with Crippen LogP contribution in [0.25, 0.3) is 0 Å². The standard InChI is InChI=1S/C17H27N3O/c1-14(18)17(21)19(2)13-16-10-6-7-11-20(16)12-15-8-4-3-5-9-15/h3-5,8-9,14,16H,6-7,10-13,18H2,1-2H3/t14?,16-/m0/s1. The first kappa shape index (κ1) is 16.0. The highest BCUT2D eigenvalue weighted by Crippen LogP contribution is 2.20. The molecular formula is C17H27N3O. The monoisotopic (exact) mass is 289 g/mol. The van der Waals surface area contributed by atoms with Crippen molar-refractivity contribution in [2.45, 2.75) is 44.8 Å². The number of carbonyl (C=O) groups is 1. The third-order valence-electron chi connectivity index (χ3n) is 4.23. The van der Waals surface area contributed by atoms with Crippen LogP contribution in [0.3, 0.4) is 0 Å². The molecule has 1 amide bonds. The largest absolute Gasteiger partial charge is 0.343 e. The molecule has 0 spiro atoms. The molecule has 2 atom stereocenters. The topological polar surface area (TPSA) is 49.6 Å². The maximum Gasteiger partial charge on any atom is 0.238 e. The van der Waals surface area contributed by atoms with Gasteiger partial charge in [-0.25, -0.2) is 0 Å². The second-order valence-corrected chi connectivity index (χ2v) is 6.11. The predicted molar refractivity (Wildman–Crippen MR) is 85.8 cm³/mol. The van der Waals surface area contributed by atoms with Gasteiger partial charge in [0.1, 0.15) is 0 Å². The maximum absolute atomic E-state index is 12.0. The van der Waals surface area contributed by atoms with Crippen LogP contribution in [0.4, 0.5) is 0 Å². The highest BCUT2D eigenvalue weighted by molar-refractivity contribution is 5.80. The summed E-state index contributed by atoms with van der Waals surface area (Å²) in [5.74, 6) is 0.0280. The second-order valence-electron chi connectivity index (χ2n) is 6.11. The highest BCUT2D eigenvalue weighted by atomic mass is 16.2. The van der Waals surface area contributed by atoms with Gasteiger partial charge < -0.3 is 10.6 Å². The lowest BCUT2D eigenvalue weighted by Gasteiger charge is -2.38. The first-order valence-electron chi connectivity index (χ1n) is 7.86. The van der Waals surface area contributed by atoms with E-state index >= 15 is 0 Å². The Bertz CT molecular complexity index is 447. The molecule has 0 radical (unpaired) electrons. The highest BCUT2D eigenvalue weighted by Gasteiger charge is 2.25.